The van der Waals surface area contributed by atoms with Crippen LogP contribution in [0.3, 0.4) is 0 Å². The molecule has 8 heteroatoms. The first-order valence-corrected chi connectivity index (χ1v) is 6.74. The van der Waals surface area contributed by atoms with Crippen molar-refractivity contribution in [1.82, 2.24) is 0 Å². The van der Waals surface area contributed by atoms with Crippen molar-refractivity contribution in [3.63, 3.8) is 0 Å². The summed E-state index contributed by atoms with van der Waals surface area (Å²) in [5, 5.41) is 11.4. The predicted octanol–water partition coefficient (Wildman–Crippen LogP) is 3.86. The molecule has 1 rings (SSSR count). The topological polar surface area (TPSA) is 41.5 Å². The Labute approximate surface area is 130 Å². The van der Waals surface area contributed by atoms with Crippen LogP contribution in [-0.4, -0.2) is 37.0 Å². The first-order chi connectivity index (χ1) is 10.7. The molecule has 0 bridgehead atoms. The number of allylic oxidation sites excluding steroid dienone is 1. The number of benzene rings is 1. The van der Waals surface area contributed by atoms with Crippen LogP contribution < -0.4 is 10.1 Å². The summed E-state index contributed by atoms with van der Waals surface area (Å²) in [7, 11) is 1.40. The van der Waals surface area contributed by atoms with Gasteiger partial charge in [-0.1, -0.05) is 6.08 Å². The third-order valence-corrected chi connectivity index (χ3v) is 3.36. The number of ether oxygens (including phenoxy) is 1. The average Bonchev–Trinajstić information content (AvgIpc) is 2.50. The molecule has 0 unspecified atom stereocenters. The molecule has 0 spiro atoms. The standard InChI is InChI=1S/C15H18F5NO2/c1-3-4-10(9-22)13(14(16,17)15(18,19)20)21-11-5-7-12(23-2)8-6-11/h3,5-8,10,13,21-22H,1,4,9H2,2H3/t10-,13-/m0/s1. The molecule has 0 saturated heterocycles. The van der Waals surface area contributed by atoms with E-state index in [0.29, 0.717) is 5.75 Å². The van der Waals surface area contributed by atoms with Gasteiger partial charge in [-0.2, -0.15) is 22.0 Å². The maximum atomic E-state index is 13.8. The van der Waals surface area contributed by atoms with Crippen LogP contribution in [0.2, 0.25) is 0 Å². The summed E-state index contributed by atoms with van der Waals surface area (Å²) in [6.07, 6.45) is -4.75. The summed E-state index contributed by atoms with van der Waals surface area (Å²) in [6, 6.07) is 3.15. The molecular weight excluding hydrogens is 321 g/mol. The molecular formula is C15H18F5NO2. The predicted molar refractivity (Wildman–Crippen MR) is 76.8 cm³/mol. The van der Waals surface area contributed by atoms with Gasteiger partial charge in [-0.25, -0.2) is 0 Å². The molecule has 2 atom stereocenters. The lowest BCUT2D eigenvalue weighted by Gasteiger charge is -2.34. The van der Waals surface area contributed by atoms with Crippen molar-refractivity contribution in [2.75, 3.05) is 19.0 Å². The molecule has 0 aromatic heterocycles. The lowest BCUT2D eigenvalue weighted by molar-refractivity contribution is -0.292. The van der Waals surface area contributed by atoms with E-state index in [2.05, 4.69) is 11.9 Å². The second kappa shape index (κ2) is 7.63. The minimum atomic E-state index is -5.74. The maximum Gasteiger partial charge on any atom is 0.455 e. The highest BCUT2D eigenvalue weighted by Crippen LogP contribution is 2.42. The van der Waals surface area contributed by atoms with E-state index in [1.54, 1.807) is 0 Å². The maximum absolute atomic E-state index is 13.8. The van der Waals surface area contributed by atoms with Gasteiger partial charge < -0.3 is 15.2 Å². The number of nitrogens with one attached hydrogen (secondary N) is 1. The normalized spacial score (nSPS) is 14.9. The molecule has 2 N–H and O–H groups in total. The first kappa shape index (κ1) is 19.2. The van der Waals surface area contributed by atoms with Crippen molar-refractivity contribution in [3.05, 3.63) is 36.9 Å². The molecule has 130 valence electrons. The Balaban J connectivity index is 3.14. The van der Waals surface area contributed by atoms with Crippen LogP contribution in [0.4, 0.5) is 27.6 Å². The van der Waals surface area contributed by atoms with Gasteiger partial charge in [-0.05, 0) is 30.7 Å². The highest BCUT2D eigenvalue weighted by atomic mass is 19.4. The minimum absolute atomic E-state index is 0.0576. The molecule has 0 aliphatic carbocycles. The van der Waals surface area contributed by atoms with Gasteiger partial charge in [0.15, 0.2) is 0 Å². The summed E-state index contributed by atoms with van der Waals surface area (Å²) in [4.78, 5) is 0. The Kier molecular flexibility index (Phi) is 6.37. The van der Waals surface area contributed by atoms with Crippen LogP contribution in [0.25, 0.3) is 0 Å². The number of aliphatic hydroxyl groups is 1. The van der Waals surface area contributed by atoms with E-state index in [4.69, 9.17) is 4.74 Å². The van der Waals surface area contributed by atoms with E-state index < -0.39 is 30.7 Å². The van der Waals surface area contributed by atoms with Gasteiger partial charge in [0.2, 0.25) is 0 Å². The number of halogens is 5. The molecule has 0 aliphatic rings. The van der Waals surface area contributed by atoms with Crippen LogP contribution in [0.15, 0.2) is 36.9 Å². The molecule has 0 saturated carbocycles. The van der Waals surface area contributed by atoms with E-state index in [1.807, 2.05) is 0 Å². The van der Waals surface area contributed by atoms with E-state index in [0.717, 1.165) is 0 Å². The Hall–Kier alpha value is -1.83. The van der Waals surface area contributed by atoms with Crippen molar-refractivity contribution >= 4 is 5.69 Å². The summed E-state index contributed by atoms with van der Waals surface area (Å²) < 4.78 is 70.7. The Morgan fingerprint density at radius 3 is 2.17 bits per heavy atom. The summed E-state index contributed by atoms with van der Waals surface area (Å²) in [5.41, 5.74) is 0.0576. The van der Waals surface area contributed by atoms with Crippen LogP contribution in [0, 0.1) is 5.92 Å². The lowest BCUT2D eigenvalue weighted by Crippen LogP contribution is -2.54. The Bertz CT molecular complexity index is 502. The van der Waals surface area contributed by atoms with Crippen LogP contribution >= 0.6 is 0 Å². The van der Waals surface area contributed by atoms with Gasteiger partial charge in [0.25, 0.3) is 0 Å². The van der Waals surface area contributed by atoms with Gasteiger partial charge in [0.05, 0.1) is 7.11 Å². The zero-order valence-electron chi connectivity index (χ0n) is 12.4. The number of rotatable bonds is 8. The largest absolute Gasteiger partial charge is 0.497 e. The first-order valence-electron chi connectivity index (χ1n) is 6.74. The minimum Gasteiger partial charge on any atom is -0.497 e. The molecule has 0 amide bonds. The monoisotopic (exact) mass is 339 g/mol. The molecule has 1 aromatic rings. The Morgan fingerprint density at radius 1 is 1.22 bits per heavy atom. The zero-order valence-corrected chi connectivity index (χ0v) is 12.4. The number of methoxy groups -OCH3 is 1. The van der Waals surface area contributed by atoms with Crippen molar-refractivity contribution in [2.24, 2.45) is 5.92 Å². The molecule has 1 aromatic carbocycles. The van der Waals surface area contributed by atoms with E-state index in [1.165, 1.54) is 37.5 Å². The SMILES string of the molecule is C=CC[C@@H](CO)[C@H](Nc1ccc(OC)cc1)C(F)(F)C(F)(F)F. The third kappa shape index (κ3) is 4.57. The number of anilines is 1. The summed E-state index contributed by atoms with van der Waals surface area (Å²) in [5.74, 6) is -5.95. The second-order valence-corrected chi connectivity index (χ2v) is 4.94. The summed E-state index contributed by atoms with van der Waals surface area (Å²) >= 11 is 0. The molecule has 0 aliphatic heterocycles. The van der Waals surface area contributed by atoms with Crippen molar-refractivity contribution in [3.8, 4) is 5.75 Å². The van der Waals surface area contributed by atoms with Crippen molar-refractivity contribution in [1.29, 1.82) is 0 Å². The fourth-order valence-corrected chi connectivity index (χ4v) is 2.08. The smallest absolute Gasteiger partial charge is 0.455 e. The highest BCUT2D eigenvalue weighted by molar-refractivity contribution is 5.47. The molecule has 23 heavy (non-hydrogen) atoms. The second-order valence-electron chi connectivity index (χ2n) is 4.94. The number of hydrogen-bond donors (Lipinski definition) is 2. The molecule has 0 fully saturated rings. The fourth-order valence-electron chi connectivity index (χ4n) is 2.08. The number of alkyl halides is 5. The molecule has 0 radical (unpaired) electrons. The molecule has 3 nitrogen and oxygen atoms in total. The van der Waals surface area contributed by atoms with Gasteiger partial charge in [0, 0.05) is 18.2 Å². The lowest BCUT2D eigenvalue weighted by atomic mass is 9.91. The van der Waals surface area contributed by atoms with Gasteiger partial charge in [-0.15, -0.1) is 6.58 Å². The number of aliphatic hydroxyl groups excluding tert-OH is 1. The van der Waals surface area contributed by atoms with E-state index in [-0.39, 0.29) is 12.1 Å². The van der Waals surface area contributed by atoms with Gasteiger partial charge >= 0.3 is 12.1 Å². The molecule has 0 heterocycles. The fraction of sp³-hybridized carbons (Fsp3) is 0.467. The van der Waals surface area contributed by atoms with Crippen LogP contribution in [0.5, 0.6) is 5.75 Å². The van der Waals surface area contributed by atoms with E-state index in [9.17, 15) is 27.1 Å². The van der Waals surface area contributed by atoms with Crippen molar-refractivity contribution < 1.29 is 31.8 Å². The number of hydrogen-bond acceptors (Lipinski definition) is 3. The summed E-state index contributed by atoms with van der Waals surface area (Å²) in [6.45, 7) is 2.48. The average molecular weight is 339 g/mol. The van der Waals surface area contributed by atoms with E-state index >= 15 is 0 Å². The Morgan fingerprint density at radius 2 is 1.78 bits per heavy atom. The highest BCUT2D eigenvalue weighted by Gasteiger charge is 2.63. The third-order valence-electron chi connectivity index (χ3n) is 3.36. The van der Waals surface area contributed by atoms with Crippen molar-refractivity contribution in [2.45, 2.75) is 24.6 Å². The van der Waals surface area contributed by atoms with Crippen LogP contribution in [0.1, 0.15) is 6.42 Å². The zero-order chi connectivity index (χ0) is 17.7. The van der Waals surface area contributed by atoms with Crippen LogP contribution in [-0.2, 0) is 0 Å². The quantitative estimate of drug-likeness (QED) is 0.558. The van der Waals surface area contributed by atoms with Gasteiger partial charge in [-0.3, -0.25) is 0 Å². The van der Waals surface area contributed by atoms with Gasteiger partial charge in [0.1, 0.15) is 11.8 Å².